The molecule has 0 amide bonds. The first-order valence-electron chi connectivity index (χ1n) is 6.77. The summed E-state index contributed by atoms with van der Waals surface area (Å²) in [6.07, 6.45) is 8.32. The van der Waals surface area contributed by atoms with E-state index in [1.165, 1.54) is 24.9 Å². The van der Waals surface area contributed by atoms with E-state index >= 15 is 0 Å². The molecule has 1 aromatic rings. The Morgan fingerprint density at radius 2 is 2.00 bits per heavy atom. The number of hydrogen-bond acceptors (Lipinski definition) is 1. The summed E-state index contributed by atoms with van der Waals surface area (Å²) in [6, 6.07) is 12.1. The molecule has 0 unspecified atom stereocenters. The van der Waals surface area contributed by atoms with Gasteiger partial charge in [0.2, 0.25) is 0 Å². The van der Waals surface area contributed by atoms with E-state index < -0.39 is 0 Å². The van der Waals surface area contributed by atoms with E-state index in [0.717, 1.165) is 6.42 Å². The van der Waals surface area contributed by atoms with Gasteiger partial charge in [0.05, 0.1) is 0 Å². The third-order valence-electron chi connectivity index (χ3n) is 3.60. The van der Waals surface area contributed by atoms with Crippen LogP contribution in [0.1, 0.15) is 32.3 Å². The van der Waals surface area contributed by atoms with Gasteiger partial charge in [-0.2, -0.15) is 0 Å². The maximum absolute atomic E-state index is 2.65. The van der Waals surface area contributed by atoms with Crippen LogP contribution in [0.3, 0.4) is 0 Å². The molecule has 0 radical (unpaired) electrons. The van der Waals surface area contributed by atoms with Crippen molar-refractivity contribution in [2.75, 3.05) is 6.54 Å². The lowest BCUT2D eigenvalue weighted by molar-refractivity contribution is 0.160. The van der Waals surface area contributed by atoms with Crippen LogP contribution < -0.4 is 0 Å². The van der Waals surface area contributed by atoms with Gasteiger partial charge in [0.25, 0.3) is 0 Å². The summed E-state index contributed by atoms with van der Waals surface area (Å²) in [5.74, 6) is 0. The molecule has 1 heterocycles. The van der Waals surface area contributed by atoms with Gasteiger partial charge < -0.3 is 0 Å². The molecule has 1 aliphatic heterocycles. The summed E-state index contributed by atoms with van der Waals surface area (Å²) in [6.45, 7) is 5.82. The average Bonchev–Trinajstić information content (AvgIpc) is 2.35. The predicted octanol–water partition coefficient (Wildman–Crippen LogP) is 3.66. The highest BCUT2D eigenvalue weighted by molar-refractivity contribution is 5.18. The van der Waals surface area contributed by atoms with E-state index in [-0.39, 0.29) is 0 Å². The van der Waals surface area contributed by atoms with Crippen molar-refractivity contribution >= 4 is 0 Å². The summed E-state index contributed by atoms with van der Waals surface area (Å²) in [7, 11) is 0. The molecule has 0 bridgehead atoms. The fraction of sp³-hybridized carbons (Fsp3) is 0.500. The average molecular weight is 229 g/mol. The zero-order valence-corrected chi connectivity index (χ0v) is 11.0. The molecule has 0 spiro atoms. The molecule has 1 nitrogen and oxygen atoms in total. The quantitative estimate of drug-likeness (QED) is 0.712. The standard InChI is InChI=1S/C16H23N/c1-3-12-17-14(2)8-7-11-16(17)13-15-9-5-4-6-10-15/h4-7,9-11,14,16H,3,8,12-13H2,1-2H3/t14-,16+/m1/s1. The molecule has 17 heavy (non-hydrogen) atoms. The normalized spacial score (nSPS) is 25.1. The highest BCUT2D eigenvalue weighted by atomic mass is 15.2. The Balaban J connectivity index is 2.07. The Hall–Kier alpha value is -1.08. The Morgan fingerprint density at radius 3 is 2.71 bits per heavy atom. The molecular formula is C16H23N. The van der Waals surface area contributed by atoms with Crippen molar-refractivity contribution < 1.29 is 0 Å². The van der Waals surface area contributed by atoms with Crippen molar-refractivity contribution in [3.05, 3.63) is 48.0 Å². The van der Waals surface area contributed by atoms with Crippen LogP contribution in [0, 0.1) is 0 Å². The van der Waals surface area contributed by atoms with Crippen molar-refractivity contribution in [1.82, 2.24) is 4.90 Å². The summed E-state index contributed by atoms with van der Waals surface area (Å²) in [5, 5.41) is 0. The molecule has 1 aliphatic rings. The molecule has 0 aromatic heterocycles. The monoisotopic (exact) mass is 229 g/mol. The molecular weight excluding hydrogens is 206 g/mol. The van der Waals surface area contributed by atoms with Crippen molar-refractivity contribution in [2.24, 2.45) is 0 Å². The molecule has 1 aromatic carbocycles. The van der Waals surface area contributed by atoms with Gasteiger partial charge in [-0.3, -0.25) is 4.90 Å². The van der Waals surface area contributed by atoms with Crippen LogP contribution in [0.5, 0.6) is 0 Å². The molecule has 92 valence electrons. The molecule has 0 saturated heterocycles. The Bertz CT molecular complexity index is 355. The third-order valence-corrected chi connectivity index (χ3v) is 3.60. The number of benzene rings is 1. The van der Waals surface area contributed by atoms with E-state index in [4.69, 9.17) is 0 Å². The van der Waals surface area contributed by atoms with Gasteiger partial charge in [0.15, 0.2) is 0 Å². The number of rotatable bonds is 4. The lowest BCUT2D eigenvalue weighted by Crippen LogP contribution is -2.44. The second kappa shape index (κ2) is 6.02. The van der Waals surface area contributed by atoms with Gasteiger partial charge >= 0.3 is 0 Å². The number of nitrogens with zero attached hydrogens (tertiary/aromatic N) is 1. The van der Waals surface area contributed by atoms with E-state index in [2.05, 4.69) is 61.2 Å². The molecule has 0 fully saturated rings. The summed E-state index contributed by atoms with van der Waals surface area (Å²) < 4.78 is 0. The van der Waals surface area contributed by atoms with Crippen LogP contribution in [-0.2, 0) is 6.42 Å². The van der Waals surface area contributed by atoms with Crippen molar-refractivity contribution in [3.63, 3.8) is 0 Å². The first-order chi connectivity index (χ1) is 8.31. The molecule has 1 heteroatoms. The van der Waals surface area contributed by atoms with Crippen molar-refractivity contribution in [1.29, 1.82) is 0 Å². The van der Waals surface area contributed by atoms with Gasteiger partial charge in [-0.25, -0.2) is 0 Å². The zero-order chi connectivity index (χ0) is 12.1. The Labute approximate surface area is 105 Å². The van der Waals surface area contributed by atoms with E-state index in [0.29, 0.717) is 12.1 Å². The fourth-order valence-corrected chi connectivity index (χ4v) is 2.69. The topological polar surface area (TPSA) is 3.24 Å². The van der Waals surface area contributed by atoms with E-state index in [9.17, 15) is 0 Å². The second-order valence-corrected chi connectivity index (χ2v) is 5.01. The van der Waals surface area contributed by atoms with Crippen LogP contribution in [-0.4, -0.2) is 23.5 Å². The van der Waals surface area contributed by atoms with Crippen LogP contribution in [0.4, 0.5) is 0 Å². The zero-order valence-electron chi connectivity index (χ0n) is 11.0. The maximum Gasteiger partial charge on any atom is 0.0321 e. The summed E-state index contributed by atoms with van der Waals surface area (Å²) in [4.78, 5) is 2.65. The molecule has 2 rings (SSSR count). The third kappa shape index (κ3) is 3.19. The Kier molecular flexibility index (Phi) is 4.38. The van der Waals surface area contributed by atoms with Crippen LogP contribution in [0.15, 0.2) is 42.5 Å². The van der Waals surface area contributed by atoms with Gasteiger partial charge in [0, 0.05) is 12.1 Å². The van der Waals surface area contributed by atoms with Gasteiger partial charge in [-0.15, -0.1) is 0 Å². The highest BCUT2D eigenvalue weighted by Gasteiger charge is 2.23. The van der Waals surface area contributed by atoms with Crippen LogP contribution in [0.25, 0.3) is 0 Å². The molecule has 0 N–H and O–H groups in total. The Morgan fingerprint density at radius 1 is 1.24 bits per heavy atom. The van der Waals surface area contributed by atoms with Crippen LogP contribution in [0.2, 0.25) is 0 Å². The number of hydrogen-bond donors (Lipinski definition) is 0. The molecule has 0 aliphatic carbocycles. The molecule has 2 atom stereocenters. The first-order valence-corrected chi connectivity index (χ1v) is 6.77. The molecule has 0 saturated carbocycles. The van der Waals surface area contributed by atoms with Gasteiger partial charge in [-0.1, -0.05) is 49.4 Å². The summed E-state index contributed by atoms with van der Waals surface area (Å²) >= 11 is 0. The van der Waals surface area contributed by atoms with Gasteiger partial charge in [0.1, 0.15) is 0 Å². The minimum atomic E-state index is 0.584. The minimum Gasteiger partial charge on any atom is -0.294 e. The van der Waals surface area contributed by atoms with Crippen molar-refractivity contribution in [2.45, 2.75) is 45.2 Å². The van der Waals surface area contributed by atoms with E-state index in [1.54, 1.807) is 0 Å². The van der Waals surface area contributed by atoms with Crippen molar-refractivity contribution in [3.8, 4) is 0 Å². The minimum absolute atomic E-state index is 0.584. The SMILES string of the molecule is CCCN1[C@H](C)CC=C[C@H]1Cc1ccccc1. The lowest BCUT2D eigenvalue weighted by atomic mass is 9.97. The smallest absolute Gasteiger partial charge is 0.0321 e. The van der Waals surface area contributed by atoms with Gasteiger partial charge in [-0.05, 0) is 38.3 Å². The first kappa shape index (κ1) is 12.4. The maximum atomic E-state index is 2.65. The summed E-state index contributed by atoms with van der Waals surface area (Å²) in [5.41, 5.74) is 1.44. The van der Waals surface area contributed by atoms with E-state index in [1.807, 2.05) is 0 Å². The largest absolute Gasteiger partial charge is 0.294 e. The highest BCUT2D eigenvalue weighted by Crippen LogP contribution is 2.20. The van der Waals surface area contributed by atoms with Crippen LogP contribution >= 0.6 is 0 Å². The lowest BCUT2D eigenvalue weighted by Gasteiger charge is -2.37. The predicted molar refractivity (Wildman–Crippen MR) is 74.2 cm³/mol. The fourth-order valence-electron chi connectivity index (χ4n) is 2.69. The second-order valence-electron chi connectivity index (χ2n) is 5.01.